The monoisotopic (exact) mass is 148 g/mol. The topological polar surface area (TPSA) is 29.5 Å². The second-order valence-corrected chi connectivity index (χ2v) is 1.93. The highest BCUT2D eigenvalue weighted by Gasteiger charge is 1.77. The van der Waals surface area contributed by atoms with Gasteiger partial charge in [0.05, 0.1) is 0 Å². The predicted molar refractivity (Wildman–Crippen MR) is 44.2 cm³/mol. The van der Waals surface area contributed by atoms with Gasteiger partial charge in [-0.15, -0.1) is 0 Å². The number of aliphatic hydroxyl groups excluding tert-OH is 1. The van der Waals surface area contributed by atoms with E-state index in [9.17, 15) is 0 Å². The molecule has 0 fully saturated rings. The highest BCUT2D eigenvalue weighted by molar-refractivity contribution is 4.25. The lowest BCUT2D eigenvalue weighted by Crippen LogP contribution is -1.92. The lowest BCUT2D eigenvalue weighted by molar-refractivity contribution is 0.135. The van der Waals surface area contributed by atoms with Crippen molar-refractivity contribution in [3.05, 3.63) is 0 Å². The molecule has 0 aromatic carbocycles. The molecule has 10 heavy (non-hydrogen) atoms. The van der Waals surface area contributed by atoms with Crippen molar-refractivity contribution in [1.82, 2.24) is 0 Å². The van der Waals surface area contributed by atoms with Crippen LogP contribution in [-0.2, 0) is 4.74 Å². The maximum Gasteiger partial charge on any atom is 0.0463 e. The summed E-state index contributed by atoms with van der Waals surface area (Å²) in [6, 6.07) is 0. The Labute approximate surface area is 64.2 Å². The maximum atomic E-state index is 7.57. The van der Waals surface area contributed by atoms with E-state index in [1.807, 2.05) is 0 Å². The molecule has 2 nitrogen and oxygen atoms in total. The molecular formula is C8H20O2. The van der Waals surface area contributed by atoms with E-state index in [0.29, 0.717) is 0 Å². The smallest absolute Gasteiger partial charge is 0.0463 e. The van der Waals surface area contributed by atoms with Crippen LogP contribution >= 0.6 is 0 Å². The zero-order valence-electron chi connectivity index (χ0n) is 7.39. The van der Waals surface area contributed by atoms with Crippen LogP contribution in [0.25, 0.3) is 0 Å². The molecule has 0 aliphatic rings. The van der Waals surface area contributed by atoms with E-state index >= 15 is 0 Å². The van der Waals surface area contributed by atoms with Crippen LogP contribution in [0.1, 0.15) is 33.6 Å². The first kappa shape index (κ1) is 12.6. The maximum absolute atomic E-state index is 7.57. The molecule has 0 amide bonds. The van der Waals surface area contributed by atoms with Gasteiger partial charge in [-0.2, -0.15) is 0 Å². The zero-order valence-corrected chi connectivity index (χ0v) is 7.39. The third-order valence-corrected chi connectivity index (χ3v) is 0.697. The Morgan fingerprint density at radius 3 is 1.50 bits per heavy atom. The van der Waals surface area contributed by atoms with Crippen LogP contribution in [0.15, 0.2) is 0 Å². The molecule has 0 saturated heterocycles. The van der Waals surface area contributed by atoms with Gasteiger partial charge in [-0.25, -0.2) is 0 Å². The molecule has 0 bridgehead atoms. The van der Waals surface area contributed by atoms with Gasteiger partial charge in [-0.3, -0.25) is 0 Å². The fraction of sp³-hybridized carbons (Fsp3) is 1.00. The minimum Gasteiger partial charge on any atom is -0.397 e. The summed E-state index contributed by atoms with van der Waals surface area (Å²) >= 11 is 0. The lowest BCUT2D eigenvalue weighted by Gasteiger charge is -1.95. The molecule has 0 saturated carbocycles. The van der Waals surface area contributed by atoms with Gasteiger partial charge in [0.1, 0.15) is 0 Å². The second kappa shape index (κ2) is 16.0. The summed E-state index contributed by atoms with van der Waals surface area (Å²) in [5.41, 5.74) is 0. The van der Waals surface area contributed by atoms with Crippen molar-refractivity contribution in [2.24, 2.45) is 0 Å². The summed E-state index contributed by atoms with van der Waals surface area (Å²) in [7, 11) is 0. The molecule has 0 aliphatic heterocycles. The van der Waals surface area contributed by atoms with Crippen LogP contribution in [0, 0.1) is 0 Å². The summed E-state index contributed by atoms with van der Waals surface area (Å²) in [5, 5.41) is 7.57. The van der Waals surface area contributed by atoms with Crippen molar-refractivity contribution >= 4 is 0 Å². The van der Waals surface area contributed by atoms with Crippen molar-refractivity contribution in [1.29, 1.82) is 0 Å². The SMILES string of the molecule is CCCOCCC.CCO. The first-order chi connectivity index (χ1) is 4.83. The summed E-state index contributed by atoms with van der Waals surface area (Å²) in [6.45, 7) is 8.02. The minimum absolute atomic E-state index is 0.250. The minimum atomic E-state index is 0.250. The van der Waals surface area contributed by atoms with Crippen molar-refractivity contribution in [3.63, 3.8) is 0 Å². The highest BCUT2D eigenvalue weighted by atomic mass is 16.5. The predicted octanol–water partition coefficient (Wildman–Crippen LogP) is 1.82. The Bertz CT molecular complexity index is 34.2. The fourth-order valence-electron chi connectivity index (χ4n) is 0.391. The van der Waals surface area contributed by atoms with Gasteiger partial charge in [0.15, 0.2) is 0 Å². The van der Waals surface area contributed by atoms with E-state index < -0.39 is 0 Å². The molecular weight excluding hydrogens is 128 g/mol. The Kier molecular flexibility index (Phi) is 20.1. The highest BCUT2D eigenvalue weighted by Crippen LogP contribution is 1.81. The van der Waals surface area contributed by atoms with E-state index in [1.165, 1.54) is 0 Å². The van der Waals surface area contributed by atoms with Crippen LogP contribution in [-0.4, -0.2) is 24.9 Å². The van der Waals surface area contributed by atoms with E-state index in [4.69, 9.17) is 9.84 Å². The van der Waals surface area contributed by atoms with Crippen LogP contribution in [0.5, 0.6) is 0 Å². The van der Waals surface area contributed by atoms with Gasteiger partial charge in [0, 0.05) is 19.8 Å². The fourth-order valence-corrected chi connectivity index (χ4v) is 0.391. The second-order valence-electron chi connectivity index (χ2n) is 1.93. The summed E-state index contributed by atoms with van der Waals surface area (Å²) in [4.78, 5) is 0. The Morgan fingerprint density at radius 2 is 1.30 bits per heavy atom. The van der Waals surface area contributed by atoms with E-state index in [-0.39, 0.29) is 6.61 Å². The number of hydrogen-bond donors (Lipinski definition) is 1. The molecule has 0 spiro atoms. The first-order valence-corrected chi connectivity index (χ1v) is 4.01. The average Bonchev–Trinajstić information content (AvgIpc) is 1.91. The van der Waals surface area contributed by atoms with E-state index in [0.717, 1.165) is 26.1 Å². The molecule has 2 heteroatoms. The standard InChI is InChI=1S/C6H14O.C2H6O/c1-3-5-7-6-4-2;1-2-3/h3-6H2,1-2H3;3H,2H2,1H3. The molecule has 64 valence electrons. The third kappa shape index (κ3) is 24.7. The average molecular weight is 148 g/mol. The van der Waals surface area contributed by atoms with Crippen LogP contribution in [0.4, 0.5) is 0 Å². The number of rotatable bonds is 4. The lowest BCUT2D eigenvalue weighted by atomic mass is 10.5. The molecule has 0 atom stereocenters. The summed E-state index contributed by atoms with van der Waals surface area (Å²) in [6.07, 6.45) is 2.28. The van der Waals surface area contributed by atoms with Crippen molar-refractivity contribution < 1.29 is 9.84 Å². The molecule has 0 unspecified atom stereocenters. The molecule has 0 aromatic rings. The molecule has 1 N–H and O–H groups in total. The van der Waals surface area contributed by atoms with E-state index in [2.05, 4.69) is 13.8 Å². The van der Waals surface area contributed by atoms with Gasteiger partial charge in [-0.05, 0) is 19.8 Å². The van der Waals surface area contributed by atoms with Crippen molar-refractivity contribution in [3.8, 4) is 0 Å². The van der Waals surface area contributed by atoms with E-state index in [1.54, 1.807) is 6.92 Å². The summed E-state index contributed by atoms with van der Waals surface area (Å²) < 4.78 is 5.13. The zero-order chi connectivity index (χ0) is 8.24. The van der Waals surface area contributed by atoms with Crippen LogP contribution in [0.2, 0.25) is 0 Å². The molecule has 0 rings (SSSR count). The third-order valence-electron chi connectivity index (χ3n) is 0.697. The Hall–Kier alpha value is -0.0800. The molecule has 0 radical (unpaired) electrons. The number of ether oxygens (including phenoxy) is 1. The largest absolute Gasteiger partial charge is 0.397 e. The first-order valence-electron chi connectivity index (χ1n) is 4.01. The van der Waals surface area contributed by atoms with Gasteiger partial charge >= 0.3 is 0 Å². The molecule has 0 aliphatic carbocycles. The summed E-state index contributed by atoms with van der Waals surface area (Å²) in [5.74, 6) is 0. The Balaban J connectivity index is 0. The molecule has 0 aromatic heterocycles. The normalized spacial score (nSPS) is 8.40. The van der Waals surface area contributed by atoms with Gasteiger partial charge in [0.2, 0.25) is 0 Å². The van der Waals surface area contributed by atoms with Crippen LogP contribution in [0.3, 0.4) is 0 Å². The number of aliphatic hydroxyl groups is 1. The van der Waals surface area contributed by atoms with Crippen molar-refractivity contribution in [2.45, 2.75) is 33.6 Å². The number of hydrogen-bond acceptors (Lipinski definition) is 2. The van der Waals surface area contributed by atoms with Gasteiger partial charge in [0.25, 0.3) is 0 Å². The van der Waals surface area contributed by atoms with Crippen LogP contribution < -0.4 is 0 Å². The Morgan fingerprint density at radius 1 is 1.00 bits per heavy atom. The molecule has 0 heterocycles. The quantitative estimate of drug-likeness (QED) is 0.616. The van der Waals surface area contributed by atoms with Crippen molar-refractivity contribution in [2.75, 3.05) is 19.8 Å². The van der Waals surface area contributed by atoms with Gasteiger partial charge in [-0.1, -0.05) is 13.8 Å². The van der Waals surface area contributed by atoms with Gasteiger partial charge < -0.3 is 9.84 Å².